The van der Waals surface area contributed by atoms with Crippen molar-refractivity contribution in [1.29, 1.82) is 0 Å². The van der Waals surface area contributed by atoms with E-state index in [0.29, 0.717) is 12.5 Å². The second kappa shape index (κ2) is 10.8. The van der Waals surface area contributed by atoms with Crippen LogP contribution in [0.5, 0.6) is 0 Å². The normalized spacial score (nSPS) is 14.3. The van der Waals surface area contributed by atoms with Crippen molar-refractivity contribution >= 4 is 35.8 Å². The first-order chi connectivity index (χ1) is 13.5. The van der Waals surface area contributed by atoms with Gasteiger partial charge in [-0.1, -0.05) is 19.9 Å². The van der Waals surface area contributed by atoms with Crippen LogP contribution in [-0.2, 0) is 20.1 Å². The molecule has 0 saturated carbocycles. The molecule has 0 spiro atoms. The van der Waals surface area contributed by atoms with Crippen molar-refractivity contribution in [2.45, 2.75) is 45.7 Å². The van der Waals surface area contributed by atoms with E-state index in [4.69, 9.17) is 0 Å². The molecule has 0 atom stereocenters. The molecule has 0 amide bonds. The smallest absolute Gasteiger partial charge is 0.193 e. The van der Waals surface area contributed by atoms with Crippen molar-refractivity contribution in [3.05, 3.63) is 41.3 Å². The number of hydrogen-bond donors (Lipinski definition) is 1. The minimum atomic E-state index is 0. The van der Waals surface area contributed by atoms with Gasteiger partial charge in [-0.3, -0.25) is 9.67 Å². The average molecular weight is 511 g/mol. The lowest BCUT2D eigenvalue weighted by Gasteiger charge is -2.22. The fourth-order valence-electron chi connectivity index (χ4n) is 3.71. The van der Waals surface area contributed by atoms with Gasteiger partial charge in [0.1, 0.15) is 5.82 Å². The average Bonchev–Trinajstić information content (AvgIpc) is 3.33. The molecule has 0 unspecified atom stereocenters. The molecule has 0 aromatic carbocycles. The largest absolute Gasteiger partial charge is 0.357 e. The number of anilines is 1. The third kappa shape index (κ3) is 6.07. The van der Waals surface area contributed by atoms with Gasteiger partial charge in [0.25, 0.3) is 0 Å². The van der Waals surface area contributed by atoms with E-state index in [-0.39, 0.29) is 24.0 Å². The van der Waals surface area contributed by atoms with Gasteiger partial charge in [0.2, 0.25) is 0 Å². The van der Waals surface area contributed by atoms with Crippen LogP contribution in [0.15, 0.2) is 29.5 Å². The molecule has 0 radical (unpaired) electrons. The predicted molar refractivity (Wildman–Crippen MR) is 130 cm³/mol. The van der Waals surface area contributed by atoms with Crippen LogP contribution in [0.1, 0.15) is 49.4 Å². The number of halogens is 1. The zero-order valence-corrected chi connectivity index (χ0v) is 20.6. The van der Waals surface area contributed by atoms with Crippen molar-refractivity contribution in [2.75, 3.05) is 32.1 Å². The lowest BCUT2D eigenvalue weighted by molar-refractivity contribution is 0.473. The second-order valence-corrected chi connectivity index (χ2v) is 7.84. The number of aliphatic imine (C=N–C) groups is 1. The molecular weight excluding hydrogens is 477 g/mol. The van der Waals surface area contributed by atoms with Gasteiger partial charge in [0.15, 0.2) is 5.96 Å². The van der Waals surface area contributed by atoms with E-state index in [1.165, 1.54) is 18.4 Å². The number of nitrogens with zero attached hydrogens (tertiary/aromatic N) is 6. The fourth-order valence-corrected chi connectivity index (χ4v) is 3.71. The van der Waals surface area contributed by atoms with Crippen LogP contribution in [0.2, 0.25) is 0 Å². The molecule has 160 valence electrons. The van der Waals surface area contributed by atoms with Crippen LogP contribution >= 0.6 is 24.0 Å². The Morgan fingerprint density at radius 2 is 2.00 bits per heavy atom. The van der Waals surface area contributed by atoms with E-state index >= 15 is 0 Å². The summed E-state index contributed by atoms with van der Waals surface area (Å²) >= 11 is 0. The number of aromatic nitrogens is 3. The quantitative estimate of drug-likeness (QED) is 0.366. The first-order valence-electron chi connectivity index (χ1n) is 10.1. The summed E-state index contributed by atoms with van der Waals surface area (Å²) in [6.07, 6.45) is 6.60. The maximum atomic E-state index is 4.63. The Labute approximate surface area is 191 Å². The summed E-state index contributed by atoms with van der Waals surface area (Å²) < 4.78 is 1.89. The Morgan fingerprint density at radius 1 is 1.28 bits per heavy atom. The van der Waals surface area contributed by atoms with Gasteiger partial charge in [-0.15, -0.1) is 24.0 Å². The van der Waals surface area contributed by atoms with E-state index in [1.54, 1.807) is 0 Å². The van der Waals surface area contributed by atoms with Gasteiger partial charge in [-0.2, -0.15) is 5.10 Å². The second-order valence-electron chi connectivity index (χ2n) is 7.84. The topological polar surface area (TPSA) is 61.6 Å². The van der Waals surface area contributed by atoms with E-state index in [9.17, 15) is 0 Å². The van der Waals surface area contributed by atoms with E-state index in [2.05, 4.69) is 69.4 Å². The SMILES string of the molecule is CN=C(NCc1ccc(N2CCCC2)nc1)N(C)Cc1cn(C)nc1C(C)C.I. The van der Waals surface area contributed by atoms with Crippen LogP contribution in [0, 0.1) is 0 Å². The van der Waals surface area contributed by atoms with Crippen molar-refractivity contribution in [3.8, 4) is 0 Å². The summed E-state index contributed by atoms with van der Waals surface area (Å²) in [5, 5.41) is 8.05. The molecule has 1 aliphatic rings. The molecule has 29 heavy (non-hydrogen) atoms. The Hall–Kier alpha value is -1.84. The van der Waals surface area contributed by atoms with Crippen LogP contribution in [0.4, 0.5) is 5.82 Å². The lowest BCUT2D eigenvalue weighted by atomic mass is 10.1. The van der Waals surface area contributed by atoms with Gasteiger partial charge < -0.3 is 15.1 Å². The van der Waals surface area contributed by atoms with Gasteiger partial charge in [0.05, 0.1) is 5.69 Å². The van der Waals surface area contributed by atoms with Gasteiger partial charge in [-0.25, -0.2) is 4.98 Å². The number of pyridine rings is 1. The molecule has 2 aromatic rings. The number of guanidine groups is 1. The van der Waals surface area contributed by atoms with Crippen LogP contribution < -0.4 is 10.2 Å². The molecule has 1 fully saturated rings. The molecule has 3 rings (SSSR count). The van der Waals surface area contributed by atoms with E-state index < -0.39 is 0 Å². The van der Waals surface area contributed by atoms with E-state index in [1.807, 2.05) is 25.0 Å². The summed E-state index contributed by atoms with van der Waals surface area (Å²) in [6.45, 7) is 8.07. The van der Waals surface area contributed by atoms with Gasteiger partial charge in [-0.05, 0) is 30.4 Å². The molecule has 0 aliphatic carbocycles. The zero-order valence-electron chi connectivity index (χ0n) is 18.2. The Balaban J connectivity index is 0.00000300. The molecule has 8 heteroatoms. The number of rotatable bonds is 6. The number of nitrogens with one attached hydrogen (secondary N) is 1. The molecule has 0 bridgehead atoms. The van der Waals surface area contributed by atoms with Crippen LogP contribution in [0.3, 0.4) is 0 Å². The third-order valence-corrected chi connectivity index (χ3v) is 5.15. The molecule has 1 saturated heterocycles. The van der Waals surface area contributed by atoms with Gasteiger partial charge >= 0.3 is 0 Å². The number of aryl methyl sites for hydroxylation is 1. The third-order valence-electron chi connectivity index (χ3n) is 5.15. The maximum absolute atomic E-state index is 4.63. The van der Waals surface area contributed by atoms with Crippen molar-refractivity contribution in [2.24, 2.45) is 12.0 Å². The summed E-state index contributed by atoms with van der Waals surface area (Å²) in [6, 6.07) is 4.28. The summed E-state index contributed by atoms with van der Waals surface area (Å²) in [5.41, 5.74) is 3.54. The molecule has 2 aromatic heterocycles. The predicted octanol–water partition coefficient (Wildman–Crippen LogP) is 3.36. The fraction of sp³-hybridized carbons (Fsp3) is 0.571. The molecule has 1 aliphatic heterocycles. The highest BCUT2D eigenvalue weighted by Crippen LogP contribution is 2.19. The lowest BCUT2D eigenvalue weighted by Crippen LogP contribution is -2.38. The summed E-state index contributed by atoms with van der Waals surface area (Å²) in [5.74, 6) is 2.35. The Kier molecular flexibility index (Phi) is 8.73. The van der Waals surface area contributed by atoms with Crippen molar-refractivity contribution < 1.29 is 0 Å². The first kappa shape index (κ1) is 23.4. The highest BCUT2D eigenvalue weighted by molar-refractivity contribution is 14.0. The minimum Gasteiger partial charge on any atom is -0.357 e. The molecule has 1 N–H and O–H groups in total. The summed E-state index contributed by atoms with van der Waals surface area (Å²) in [7, 11) is 5.85. The summed E-state index contributed by atoms with van der Waals surface area (Å²) in [4.78, 5) is 13.6. The first-order valence-corrected chi connectivity index (χ1v) is 10.1. The minimum absolute atomic E-state index is 0. The Bertz CT molecular complexity index is 792. The highest BCUT2D eigenvalue weighted by atomic mass is 127. The van der Waals surface area contributed by atoms with E-state index in [0.717, 1.165) is 42.7 Å². The molecular formula is C21H34IN7. The zero-order chi connectivity index (χ0) is 20.1. The standard InChI is InChI=1S/C21H33N7.HI/c1-16(2)20-18(15-27(5)25-20)14-26(4)21(22-3)24-13-17-8-9-19(23-12-17)28-10-6-7-11-28;/h8-9,12,15-16H,6-7,10-11,13-14H2,1-5H3,(H,22,24);1H. The molecule has 7 nitrogen and oxygen atoms in total. The highest BCUT2D eigenvalue weighted by Gasteiger charge is 2.16. The maximum Gasteiger partial charge on any atom is 0.193 e. The Morgan fingerprint density at radius 3 is 2.59 bits per heavy atom. The molecule has 3 heterocycles. The van der Waals surface area contributed by atoms with Gasteiger partial charge in [0, 0.05) is 65.3 Å². The van der Waals surface area contributed by atoms with Crippen molar-refractivity contribution in [3.63, 3.8) is 0 Å². The van der Waals surface area contributed by atoms with Crippen molar-refractivity contribution in [1.82, 2.24) is 25.0 Å². The monoisotopic (exact) mass is 511 g/mol. The number of hydrogen-bond acceptors (Lipinski definition) is 4. The van der Waals surface area contributed by atoms with Crippen LogP contribution in [-0.4, -0.2) is 52.8 Å². The van der Waals surface area contributed by atoms with Crippen LogP contribution in [0.25, 0.3) is 0 Å².